The molecule has 1 heterocycles. The number of carboxylic acids is 1. The van der Waals surface area contributed by atoms with Crippen LogP contribution in [0.2, 0.25) is 18.1 Å². The zero-order valence-electron chi connectivity index (χ0n) is 11.0. The van der Waals surface area contributed by atoms with Gasteiger partial charge in [0.2, 0.25) is 5.91 Å². The van der Waals surface area contributed by atoms with Crippen LogP contribution >= 0.6 is 0 Å². The monoisotopic (exact) mass is 259 g/mol. The van der Waals surface area contributed by atoms with E-state index in [-0.39, 0.29) is 17.4 Å². The van der Waals surface area contributed by atoms with Crippen LogP contribution in [0.3, 0.4) is 0 Å². The van der Waals surface area contributed by atoms with Crippen LogP contribution in [0.4, 0.5) is 0 Å². The minimum absolute atomic E-state index is 0.00852. The van der Waals surface area contributed by atoms with Crippen LogP contribution in [-0.2, 0) is 14.0 Å². The van der Waals surface area contributed by atoms with Gasteiger partial charge in [-0.1, -0.05) is 20.8 Å². The first-order valence-corrected chi connectivity index (χ1v) is 8.66. The summed E-state index contributed by atoms with van der Waals surface area (Å²) in [6.07, 6.45) is -0.391. The second-order valence-corrected chi connectivity index (χ2v) is 10.8. The van der Waals surface area contributed by atoms with Gasteiger partial charge in [0.05, 0.1) is 0 Å². The summed E-state index contributed by atoms with van der Waals surface area (Å²) in [5.74, 6) is -1.30. The summed E-state index contributed by atoms with van der Waals surface area (Å²) < 4.78 is 5.92. The average molecular weight is 259 g/mol. The molecule has 0 saturated carbocycles. The quantitative estimate of drug-likeness (QED) is 0.750. The largest absolute Gasteiger partial charge is 0.480 e. The van der Waals surface area contributed by atoms with Crippen LogP contribution in [0.1, 0.15) is 27.2 Å². The molecule has 1 fully saturated rings. The topological polar surface area (TPSA) is 75.6 Å². The lowest BCUT2D eigenvalue weighted by Crippen LogP contribution is -2.45. The Labute approximate surface area is 103 Å². The van der Waals surface area contributed by atoms with Crippen LogP contribution < -0.4 is 5.32 Å². The molecule has 98 valence electrons. The molecule has 1 aliphatic rings. The van der Waals surface area contributed by atoms with Crippen LogP contribution in [0.25, 0.3) is 0 Å². The highest BCUT2D eigenvalue weighted by Crippen LogP contribution is 2.38. The predicted octanol–water partition coefficient (Wildman–Crippen LogP) is 1.35. The van der Waals surface area contributed by atoms with Gasteiger partial charge in [0.1, 0.15) is 12.1 Å². The molecule has 0 aromatic rings. The minimum Gasteiger partial charge on any atom is -0.480 e. The molecule has 1 amide bonds. The van der Waals surface area contributed by atoms with Crippen molar-refractivity contribution in [2.75, 3.05) is 0 Å². The molecule has 0 radical (unpaired) electrons. The fourth-order valence-electron chi connectivity index (χ4n) is 1.44. The Morgan fingerprint density at radius 2 is 2.00 bits per heavy atom. The van der Waals surface area contributed by atoms with E-state index in [0.29, 0.717) is 0 Å². The van der Waals surface area contributed by atoms with Gasteiger partial charge >= 0.3 is 5.97 Å². The van der Waals surface area contributed by atoms with Gasteiger partial charge in [0, 0.05) is 6.42 Å². The Kier molecular flexibility index (Phi) is 3.68. The standard InChI is InChI=1S/C11H21NO4Si/c1-11(2,3)17(4,5)16-8-6-7(10(14)15)12-9(8)13/h7-8H,6H2,1-5H3,(H,12,13)(H,14,15). The molecular weight excluding hydrogens is 238 g/mol. The second-order valence-electron chi connectivity index (χ2n) is 6.00. The van der Waals surface area contributed by atoms with E-state index in [1.54, 1.807) is 0 Å². The van der Waals surface area contributed by atoms with Crippen LogP contribution in [0.5, 0.6) is 0 Å². The number of hydrogen-bond donors (Lipinski definition) is 2. The molecule has 1 rings (SSSR count). The maximum absolute atomic E-state index is 11.6. The summed E-state index contributed by atoms with van der Waals surface area (Å²) >= 11 is 0. The number of carbonyl (C=O) groups is 2. The molecule has 0 bridgehead atoms. The second kappa shape index (κ2) is 4.42. The molecule has 0 spiro atoms. The number of nitrogens with one attached hydrogen (secondary N) is 1. The highest BCUT2D eigenvalue weighted by molar-refractivity contribution is 6.74. The summed E-state index contributed by atoms with van der Waals surface area (Å²) in [6, 6.07) is -0.808. The maximum Gasteiger partial charge on any atom is 0.326 e. The lowest BCUT2D eigenvalue weighted by Gasteiger charge is -2.37. The van der Waals surface area contributed by atoms with Gasteiger partial charge in [-0.3, -0.25) is 4.79 Å². The summed E-state index contributed by atoms with van der Waals surface area (Å²) in [5.41, 5.74) is 0. The van der Waals surface area contributed by atoms with Crippen molar-refractivity contribution in [3.8, 4) is 0 Å². The summed E-state index contributed by atoms with van der Waals surface area (Å²) in [4.78, 5) is 22.4. The van der Waals surface area contributed by atoms with Gasteiger partial charge in [-0.25, -0.2) is 4.79 Å². The molecule has 17 heavy (non-hydrogen) atoms. The molecule has 1 saturated heterocycles. The van der Waals surface area contributed by atoms with E-state index in [2.05, 4.69) is 26.1 Å². The number of rotatable bonds is 3. The van der Waals surface area contributed by atoms with E-state index in [1.807, 2.05) is 13.1 Å². The molecule has 5 nitrogen and oxygen atoms in total. The van der Waals surface area contributed by atoms with Crippen LogP contribution in [0, 0.1) is 0 Å². The number of amides is 1. The maximum atomic E-state index is 11.6. The lowest BCUT2D eigenvalue weighted by atomic mass is 10.2. The Morgan fingerprint density at radius 1 is 1.47 bits per heavy atom. The molecule has 6 heteroatoms. The van der Waals surface area contributed by atoms with E-state index in [1.165, 1.54) is 0 Å². The van der Waals surface area contributed by atoms with Crippen molar-refractivity contribution in [2.45, 2.75) is 57.5 Å². The molecule has 2 N–H and O–H groups in total. The van der Waals surface area contributed by atoms with Crippen molar-refractivity contribution in [2.24, 2.45) is 0 Å². The zero-order valence-corrected chi connectivity index (χ0v) is 12.0. The van der Waals surface area contributed by atoms with E-state index >= 15 is 0 Å². The average Bonchev–Trinajstić information content (AvgIpc) is 2.45. The van der Waals surface area contributed by atoms with Gasteiger partial charge in [-0.2, -0.15) is 0 Å². The van der Waals surface area contributed by atoms with Crippen molar-refractivity contribution in [1.29, 1.82) is 0 Å². The third-order valence-electron chi connectivity index (χ3n) is 3.60. The molecular formula is C11H21NO4Si. The minimum atomic E-state index is -2.03. The molecule has 0 aromatic carbocycles. The van der Waals surface area contributed by atoms with Gasteiger partial charge < -0.3 is 14.8 Å². The van der Waals surface area contributed by atoms with Crippen molar-refractivity contribution in [3.63, 3.8) is 0 Å². The fraction of sp³-hybridized carbons (Fsp3) is 0.818. The molecule has 0 aliphatic carbocycles. The first-order valence-electron chi connectivity index (χ1n) is 5.75. The van der Waals surface area contributed by atoms with Crippen molar-refractivity contribution in [1.82, 2.24) is 5.32 Å². The number of carboxylic acid groups (broad SMARTS) is 1. The van der Waals surface area contributed by atoms with Gasteiger partial charge in [0.15, 0.2) is 8.32 Å². The van der Waals surface area contributed by atoms with E-state index in [4.69, 9.17) is 9.53 Å². The number of aliphatic carboxylic acids is 1. The summed E-state index contributed by atoms with van der Waals surface area (Å²) in [7, 11) is -2.03. The van der Waals surface area contributed by atoms with Crippen LogP contribution in [0.15, 0.2) is 0 Å². The highest BCUT2D eigenvalue weighted by atomic mass is 28.4. The number of hydrogen-bond acceptors (Lipinski definition) is 3. The Morgan fingerprint density at radius 3 is 2.35 bits per heavy atom. The van der Waals surface area contributed by atoms with E-state index < -0.39 is 26.4 Å². The Bertz CT molecular complexity index is 335. The van der Waals surface area contributed by atoms with Crippen molar-refractivity contribution >= 4 is 20.2 Å². The third kappa shape index (κ3) is 3.07. The summed E-state index contributed by atoms with van der Waals surface area (Å²) in [6.45, 7) is 10.4. The normalized spacial score (nSPS) is 25.8. The van der Waals surface area contributed by atoms with Crippen LogP contribution in [-0.4, -0.2) is 37.4 Å². The van der Waals surface area contributed by atoms with Gasteiger partial charge in [-0.15, -0.1) is 0 Å². The molecule has 2 atom stereocenters. The molecule has 1 aliphatic heterocycles. The zero-order chi connectivity index (χ0) is 13.4. The van der Waals surface area contributed by atoms with Crippen molar-refractivity contribution < 1.29 is 19.1 Å². The summed E-state index contributed by atoms with van der Waals surface area (Å²) in [5, 5.41) is 11.3. The van der Waals surface area contributed by atoms with E-state index in [0.717, 1.165) is 0 Å². The predicted molar refractivity (Wildman–Crippen MR) is 66.3 cm³/mol. The Balaban J connectivity index is 2.71. The first-order chi connectivity index (χ1) is 7.54. The van der Waals surface area contributed by atoms with Crippen molar-refractivity contribution in [3.05, 3.63) is 0 Å². The first kappa shape index (κ1) is 14.2. The van der Waals surface area contributed by atoms with Gasteiger partial charge in [-0.05, 0) is 18.1 Å². The SMILES string of the molecule is CC(C)(C)[Si](C)(C)OC1CC(C(=O)O)NC1=O. The Hall–Kier alpha value is -0.883. The lowest BCUT2D eigenvalue weighted by molar-refractivity contribution is -0.140. The van der Waals surface area contributed by atoms with Gasteiger partial charge in [0.25, 0.3) is 0 Å². The highest BCUT2D eigenvalue weighted by Gasteiger charge is 2.44. The molecule has 2 unspecified atom stereocenters. The smallest absolute Gasteiger partial charge is 0.326 e. The molecule has 0 aromatic heterocycles. The fourth-order valence-corrected chi connectivity index (χ4v) is 2.71. The third-order valence-corrected chi connectivity index (χ3v) is 8.09. The number of carbonyl (C=O) groups excluding carboxylic acids is 1. The van der Waals surface area contributed by atoms with E-state index in [9.17, 15) is 9.59 Å².